The van der Waals surface area contributed by atoms with Crippen LogP contribution in [-0.4, -0.2) is 25.4 Å². The summed E-state index contributed by atoms with van der Waals surface area (Å²) in [5.41, 5.74) is 7.10. The van der Waals surface area contributed by atoms with Crippen LogP contribution in [0.4, 0.5) is 5.69 Å². The number of fused-ring (bicyclic) bond motifs is 1. The number of carbonyl (C=O) groups is 1. The molecule has 6 heteroatoms. The SMILES string of the molecule is CS(=O)(=O)Nc1ccc(-c2cc(CC(=O)C3CC3)nc3c2C=CC3)cc1-c1ccccc1. The normalized spacial score (nSPS) is 14.9. The largest absolute Gasteiger partial charge is 0.299 e. The molecule has 2 aliphatic rings. The number of benzene rings is 2. The molecule has 1 N–H and O–H groups in total. The maximum atomic E-state index is 12.4. The molecule has 0 aliphatic heterocycles. The van der Waals surface area contributed by atoms with E-state index in [4.69, 9.17) is 4.98 Å². The van der Waals surface area contributed by atoms with Crippen LogP contribution in [0.5, 0.6) is 0 Å². The lowest BCUT2D eigenvalue weighted by Gasteiger charge is -2.16. The summed E-state index contributed by atoms with van der Waals surface area (Å²) in [5.74, 6) is 0.477. The van der Waals surface area contributed by atoms with Crippen LogP contribution in [0.15, 0.2) is 60.7 Å². The molecule has 0 radical (unpaired) electrons. The summed E-state index contributed by atoms with van der Waals surface area (Å²) in [5, 5.41) is 0. The van der Waals surface area contributed by atoms with Gasteiger partial charge in [0.05, 0.1) is 17.6 Å². The smallest absolute Gasteiger partial charge is 0.229 e. The summed E-state index contributed by atoms with van der Waals surface area (Å²) >= 11 is 0. The molecule has 3 aromatic rings. The van der Waals surface area contributed by atoms with Crippen molar-refractivity contribution in [1.82, 2.24) is 4.98 Å². The number of sulfonamides is 1. The van der Waals surface area contributed by atoms with E-state index < -0.39 is 10.0 Å². The molecule has 1 fully saturated rings. The first-order valence-electron chi connectivity index (χ1n) is 10.8. The molecule has 0 amide bonds. The van der Waals surface area contributed by atoms with Gasteiger partial charge in [0, 0.05) is 35.6 Å². The highest BCUT2D eigenvalue weighted by molar-refractivity contribution is 7.92. The molecule has 162 valence electrons. The Kier molecular flexibility index (Phi) is 5.18. The van der Waals surface area contributed by atoms with Crippen molar-refractivity contribution in [3.63, 3.8) is 0 Å². The van der Waals surface area contributed by atoms with Gasteiger partial charge < -0.3 is 0 Å². The molecule has 0 atom stereocenters. The number of aromatic nitrogens is 1. The number of hydrogen-bond acceptors (Lipinski definition) is 4. The first kappa shape index (κ1) is 20.6. The van der Waals surface area contributed by atoms with Gasteiger partial charge in [-0.3, -0.25) is 14.5 Å². The number of rotatable bonds is 7. The number of hydrogen-bond donors (Lipinski definition) is 1. The van der Waals surface area contributed by atoms with Crippen molar-refractivity contribution >= 4 is 27.6 Å². The third kappa shape index (κ3) is 4.36. The summed E-state index contributed by atoms with van der Waals surface area (Å²) in [7, 11) is -3.43. The van der Waals surface area contributed by atoms with Crippen LogP contribution >= 0.6 is 0 Å². The second-order valence-corrected chi connectivity index (χ2v) is 10.3. The minimum atomic E-state index is -3.43. The Labute approximate surface area is 188 Å². The van der Waals surface area contributed by atoms with Gasteiger partial charge >= 0.3 is 0 Å². The minimum absolute atomic E-state index is 0.206. The Morgan fingerprint density at radius 3 is 2.53 bits per heavy atom. The van der Waals surface area contributed by atoms with Crippen LogP contribution in [0.3, 0.4) is 0 Å². The summed E-state index contributed by atoms with van der Waals surface area (Å²) in [6, 6.07) is 17.5. The Balaban J connectivity index is 1.62. The quantitative estimate of drug-likeness (QED) is 0.564. The molecule has 0 saturated heterocycles. The molecule has 32 heavy (non-hydrogen) atoms. The molecule has 0 unspecified atom stereocenters. The fraction of sp³-hybridized carbons (Fsp3) is 0.231. The maximum Gasteiger partial charge on any atom is 0.229 e. The van der Waals surface area contributed by atoms with Crippen LogP contribution in [-0.2, 0) is 27.7 Å². The Morgan fingerprint density at radius 2 is 1.81 bits per heavy atom. The highest BCUT2D eigenvalue weighted by Crippen LogP contribution is 2.37. The van der Waals surface area contributed by atoms with Crippen molar-refractivity contribution in [2.75, 3.05) is 11.0 Å². The highest BCUT2D eigenvalue weighted by Gasteiger charge is 2.30. The van der Waals surface area contributed by atoms with Crippen molar-refractivity contribution in [3.05, 3.63) is 77.6 Å². The molecule has 1 aromatic heterocycles. The predicted molar refractivity (Wildman–Crippen MR) is 128 cm³/mol. The Hall–Kier alpha value is -3.25. The first-order chi connectivity index (χ1) is 15.4. The fourth-order valence-corrected chi connectivity index (χ4v) is 4.79. The highest BCUT2D eigenvalue weighted by atomic mass is 32.2. The number of ketones is 1. The summed E-state index contributed by atoms with van der Waals surface area (Å²) in [6.07, 6.45) is 8.43. The van der Waals surface area contributed by atoms with Gasteiger partial charge in [0.25, 0.3) is 0 Å². The second-order valence-electron chi connectivity index (χ2n) is 8.55. The van der Waals surface area contributed by atoms with Gasteiger partial charge in [-0.05, 0) is 47.7 Å². The zero-order valence-corrected chi connectivity index (χ0v) is 18.7. The van der Waals surface area contributed by atoms with Gasteiger partial charge in [-0.15, -0.1) is 0 Å². The third-order valence-electron chi connectivity index (χ3n) is 5.89. The second kappa shape index (κ2) is 8.02. The van der Waals surface area contributed by atoms with E-state index in [0.29, 0.717) is 12.1 Å². The maximum absolute atomic E-state index is 12.4. The molecule has 0 spiro atoms. The van der Waals surface area contributed by atoms with Crippen LogP contribution in [0, 0.1) is 5.92 Å². The molecule has 1 saturated carbocycles. The molecule has 0 bridgehead atoms. The third-order valence-corrected chi connectivity index (χ3v) is 6.48. The van der Waals surface area contributed by atoms with Crippen LogP contribution in [0.25, 0.3) is 28.3 Å². The molecule has 2 aromatic carbocycles. The van der Waals surface area contributed by atoms with E-state index in [9.17, 15) is 13.2 Å². The molecular formula is C26H24N2O3S. The van der Waals surface area contributed by atoms with Crippen LogP contribution in [0.2, 0.25) is 0 Å². The van der Waals surface area contributed by atoms with Gasteiger partial charge in [0.2, 0.25) is 10.0 Å². The monoisotopic (exact) mass is 444 g/mol. The van der Waals surface area contributed by atoms with E-state index >= 15 is 0 Å². The number of carbonyl (C=O) groups excluding carboxylic acids is 1. The molecule has 5 rings (SSSR count). The number of Topliss-reactive ketones (excluding diaryl/α,β-unsaturated/α-hetero) is 1. The standard InChI is InChI=1S/C26H24N2O3S/c1-32(30,31)28-25-13-12-19(14-23(25)17-6-3-2-4-7-17)22-15-20(16-26(29)18-10-11-18)27-24-9-5-8-21(22)24/h2-8,12-15,18,28H,9-11,16H2,1H3. The zero-order valence-electron chi connectivity index (χ0n) is 17.8. The summed E-state index contributed by atoms with van der Waals surface area (Å²) in [6.45, 7) is 0. The lowest BCUT2D eigenvalue weighted by molar-refractivity contribution is -0.119. The predicted octanol–water partition coefficient (Wildman–Crippen LogP) is 4.88. The van der Waals surface area contributed by atoms with Gasteiger partial charge in [0.15, 0.2) is 0 Å². The molecular weight excluding hydrogens is 420 g/mol. The number of nitrogens with one attached hydrogen (secondary N) is 1. The number of nitrogens with zero attached hydrogens (tertiary/aromatic N) is 1. The molecule has 2 aliphatic carbocycles. The van der Waals surface area contributed by atoms with Crippen molar-refractivity contribution < 1.29 is 13.2 Å². The molecule has 5 nitrogen and oxygen atoms in total. The van der Waals surface area contributed by atoms with Crippen molar-refractivity contribution in [2.45, 2.75) is 25.7 Å². The average molecular weight is 445 g/mol. The first-order valence-corrected chi connectivity index (χ1v) is 12.7. The summed E-state index contributed by atoms with van der Waals surface area (Å²) in [4.78, 5) is 17.2. The lowest BCUT2D eigenvalue weighted by atomic mass is 9.94. The Bertz CT molecular complexity index is 1340. The molecule has 1 heterocycles. The Morgan fingerprint density at radius 1 is 1.03 bits per heavy atom. The van der Waals surface area contributed by atoms with Crippen LogP contribution < -0.4 is 4.72 Å². The number of pyridine rings is 1. The van der Waals surface area contributed by atoms with E-state index in [1.54, 1.807) is 6.07 Å². The number of anilines is 1. The van der Waals surface area contributed by atoms with Crippen LogP contribution in [0.1, 0.15) is 29.8 Å². The van der Waals surface area contributed by atoms with Crippen molar-refractivity contribution in [2.24, 2.45) is 5.92 Å². The lowest BCUT2D eigenvalue weighted by Crippen LogP contribution is -2.10. The van der Waals surface area contributed by atoms with Gasteiger partial charge in [-0.25, -0.2) is 8.42 Å². The van der Waals surface area contributed by atoms with Gasteiger partial charge in [0.1, 0.15) is 5.78 Å². The van der Waals surface area contributed by atoms with Gasteiger partial charge in [-0.1, -0.05) is 48.6 Å². The minimum Gasteiger partial charge on any atom is -0.299 e. The zero-order chi connectivity index (χ0) is 22.3. The topological polar surface area (TPSA) is 76.1 Å². The van der Waals surface area contributed by atoms with E-state index in [-0.39, 0.29) is 11.7 Å². The fourth-order valence-electron chi connectivity index (χ4n) is 4.21. The van der Waals surface area contributed by atoms with E-state index in [1.807, 2.05) is 48.5 Å². The van der Waals surface area contributed by atoms with E-state index in [2.05, 4.69) is 16.9 Å². The number of allylic oxidation sites excluding steroid dienone is 1. The van der Waals surface area contributed by atoms with Gasteiger partial charge in [-0.2, -0.15) is 0 Å². The average Bonchev–Trinajstić information content (AvgIpc) is 3.51. The van der Waals surface area contributed by atoms with Crippen molar-refractivity contribution in [3.8, 4) is 22.3 Å². The van der Waals surface area contributed by atoms with Crippen molar-refractivity contribution in [1.29, 1.82) is 0 Å². The van der Waals surface area contributed by atoms with E-state index in [0.717, 1.165) is 64.7 Å². The summed E-state index contributed by atoms with van der Waals surface area (Å²) < 4.78 is 26.5. The van der Waals surface area contributed by atoms with E-state index in [1.165, 1.54) is 0 Å².